The molecule has 1 saturated heterocycles. The quantitative estimate of drug-likeness (QED) is 0.879. The lowest BCUT2D eigenvalue weighted by atomic mass is 10.00. The Morgan fingerprint density at radius 2 is 2.44 bits per heavy atom. The predicted molar refractivity (Wildman–Crippen MR) is 63.7 cm³/mol. The summed E-state index contributed by atoms with van der Waals surface area (Å²) in [7, 11) is 0. The molecule has 0 bridgehead atoms. The molecule has 0 radical (unpaired) electrons. The zero-order chi connectivity index (χ0) is 11.4. The first-order valence-corrected chi connectivity index (χ1v) is 6.00. The molecule has 0 saturated carbocycles. The van der Waals surface area contributed by atoms with E-state index in [0.717, 1.165) is 31.8 Å². The molecule has 0 spiro atoms. The fraction of sp³-hybridized carbons (Fsp3) is 0.636. The van der Waals surface area contributed by atoms with Crippen molar-refractivity contribution in [3.8, 4) is 0 Å². The third-order valence-electron chi connectivity index (χ3n) is 2.90. The van der Waals surface area contributed by atoms with Crippen LogP contribution in [0.4, 0.5) is 5.82 Å². The Labute approximate surface area is 100 Å². The summed E-state index contributed by atoms with van der Waals surface area (Å²) in [6, 6.07) is 0. The summed E-state index contributed by atoms with van der Waals surface area (Å²) in [5.74, 6) is 1.29. The number of hydrogen-bond acceptors (Lipinski definition) is 4. The summed E-state index contributed by atoms with van der Waals surface area (Å²) < 4.78 is 5.62. The van der Waals surface area contributed by atoms with Gasteiger partial charge in [0.1, 0.15) is 11.0 Å². The van der Waals surface area contributed by atoms with Crippen LogP contribution in [0.15, 0.2) is 12.4 Å². The van der Waals surface area contributed by atoms with E-state index in [1.165, 1.54) is 6.20 Å². The molecule has 1 aromatic rings. The molecule has 1 aliphatic rings. The van der Waals surface area contributed by atoms with Crippen LogP contribution in [0, 0.1) is 5.92 Å². The average molecular weight is 242 g/mol. The summed E-state index contributed by atoms with van der Waals surface area (Å²) in [5, 5.41) is 3.67. The van der Waals surface area contributed by atoms with E-state index >= 15 is 0 Å². The van der Waals surface area contributed by atoms with Crippen LogP contribution in [0.1, 0.15) is 19.8 Å². The lowest BCUT2D eigenvalue weighted by Gasteiger charge is -2.17. The van der Waals surface area contributed by atoms with E-state index in [9.17, 15) is 0 Å². The molecule has 0 amide bonds. The number of nitrogens with one attached hydrogen (secondary N) is 1. The number of aromatic nitrogens is 2. The number of ether oxygens (including phenoxy) is 1. The molecule has 2 atom stereocenters. The number of anilines is 1. The van der Waals surface area contributed by atoms with Crippen LogP contribution in [0.2, 0.25) is 5.15 Å². The molecule has 2 unspecified atom stereocenters. The van der Waals surface area contributed by atoms with Gasteiger partial charge in [-0.25, -0.2) is 4.98 Å². The molecular formula is C11H16ClN3O. The predicted octanol–water partition coefficient (Wildman–Crippen LogP) is 2.36. The Balaban J connectivity index is 1.87. The molecule has 1 N–H and O–H groups in total. The smallest absolute Gasteiger partial charge is 0.149 e. The summed E-state index contributed by atoms with van der Waals surface area (Å²) in [5.41, 5.74) is 0. The van der Waals surface area contributed by atoms with Gasteiger partial charge in [0.2, 0.25) is 0 Å². The van der Waals surface area contributed by atoms with Crippen molar-refractivity contribution in [2.24, 2.45) is 5.92 Å². The van der Waals surface area contributed by atoms with E-state index in [1.807, 2.05) is 0 Å². The molecule has 4 nitrogen and oxygen atoms in total. The Bertz CT molecular complexity index is 348. The highest BCUT2D eigenvalue weighted by atomic mass is 35.5. The fourth-order valence-electron chi connectivity index (χ4n) is 2.04. The van der Waals surface area contributed by atoms with Crippen LogP contribution in [0.5, 0.6) is 0 Å². The topological polar surface area (TPSA) is 47.0 Å². The molecule has 0 aliphatic carbocycles. The van der Waals surface area contributed by atoms with Gasteiger partial charge in [-0.3, -0.25) is 4.98 Å². The van der Waals surface area contributed by atoms with Crippen molar-refractivity contribution in [1.29, 1.82) is 0 Å². The van der Waals surface area contributed by atoms with Crippen molar-refractivity contribution < 1.29 is 4.74 Å². The van der Waals surface area contributed by atoms with Gasteiger partial charge in [-0.15, -0.1) is 0 Å². The zero-order valence-electron chi connectivity index (χ0n) is 9.32. The molecule has 16 heavy (non-hydrogen) atoms. The number of halogens is 1. The van der Waals surface area contributed by atoms with Gasteiger partial charge in [0.05, 0.1) is 18.5 Å². The van der Waals surface area contributed by atoms with Crippen molar-refractivity contribution in [2.75, 3.05) is 18.5 Å². The number of rotatable bonds is 4. The minimum absolute atomic E-state index is 0.375. The molecule has 5 heteroatoms. The lowest BCUT2D eigenvalue weighted by Crippen LogP contribution is -2.23. The second-order valence-corrected chi connectivity index (χ2v) is 4.36. The van der Waals surface area contributed by atoms with Gasteiger partial charge < -0.3 is 10.1 Å². The molecule has 1 fully saturated rings. The zero-order valence-corrected chi connectivity index (χ0v) is 10.1. The van der Waals surface area contributed by atoms with E-state index in [0.29, 0.717) is 17.2 Å². The van der Waals surface area contributed by atoms with Crippen molar-refractivity contribution in [1.82, 2.24) is 9.97 Å². The first kappa shape index (κ1) is 11.6. The number of nitrogens with zero attached hydrogens (tertiary/aromatic N) is 2. The monoisotopic (exact) mass is 241 g/mol. The molecule has 1 aliphatic heterocycles. The van der Waals surface area contributed by atoms with Gasteiger partial charge in [0.15, 0.2) is 0 Å². The fourth-order valence-corrected chi connectivity index (χ4v) is 2.19. The van der Waals surface area contributed by atoms with Crippen molar-refractivity contribution in [2.45, 2.75) is 25.9 Å². The highest BCUT2D eigenvalue weighted by Crippen LogP contribution is 2.23. The van der Waals surface area contributed by atoms with Gasteiger partial charge in [0.25, 0.3) is 0 Å². The minimum Gasteiger partial charge on any atom is -0.378 e. The van der Waals surface area contributed by atoms with Gasteiger partial charge in [-0.2, -0.15) is 0 Å². The largest absolute Gasteiger partial charge is 0.378 e. The Morgan fingerprint density at radius 1 is 1.56 bits per heavy atom. The SMILES string of the molecule is CCC1OCCC1CNc1cncc(Cl)n1. The Morgan fingerprint density at radius 3 is 3.19 bits per heavy atom. The first-order valence-electron chi connectivity index (χ1n) is 5.62. The van der Waals surface area contributed by atoms with Crippen LogP contribution >= 0.6 is 11.6 Å². The minimum atomic E-state index is 0.375. The highest BCUT2D eigenvalue weighted by Gasteiger charge is 2.26. The lowest BCUT2D eigenvalue weighted by molar-refractivity contribution is 0.0900. The van der Waals surface area contributed by atoms with E-state index in [2.05, 4.69) is 22.2 Å². The van der Waals surface area contributed by atoms with Gasteiger partial charge in [-0.1, -0.05) is 18.5 Å². The van der Waals surface area contributed by atoms with Crippen molar-refractivity contribution in [3.05, 3.63) is 17.5 Å². The summed E-state index contributed by atoms with van der Waals surface area (Å²) in [4.78, 5) is 8.12. The molecule has 1 aromatic heterocycles. The average Bonchev–Trinajstić information content (AvgIpc) is 2.74. The van der Waals surface area contributed by atoms with Crippen LogP contribution in [0.25, 0.3) is 0 Å². The van der Waals surface area contributed by atoms with Crippen LogP contribution in [-0.4, -0.2) is 29.2 Å². The first-order chi connectivity index (χ1) is 7.79. The van der Waals surface area contributed by atoms with Crippen molar-refractivity contribution >= 4 is 17.4 Å². The second kappa shape index (κ2) is 5.46. The molecule has 88 valence electrons. The third-order valence-corrected chi connectivity index (χ3v) is 3.08. The maximum atomic E-state index is 5.76. The summed E-state index contributed by atoms with van der Waals surface area (Å²) in [6.45, 7) is 3.89. The standard InChI is InChI=1S/C11H16ClN3O/c1-2-9-8(3-4-16-9)5-14-11-7-13-6-10(12)15-11/h6-9H,2-5H2,1H3,(H,14,15). The molecule has 2 heterocycles. The van der Waals surface area contributed by atoms with E-state index in [-0.39, 0.29) is 0 Å². The van der Waals surface area contributed by atoms with E-state index in [4.69, 9.17) is 16.3 Å². The van der Waals surface area contributed by atoms with Gasteiger partial charge in [0, 0.05) is 19.1 Å². The Hall–Kier alpha value is -0.870. The van der Waals surface area contributed by atoms with Gasteiger partial charge >= 0.3 is 0 Å². The van der Waals surface area contributed by atoms with E-state index < -0.39 is 0 Å². The second-order valence-electron chi connectivity index (χ2n) is 3.97. The van der Waals surface area contributed by atoms with Crippen LogP contribution < -0.4 is 5.32 Å². The maximum Gasteiger partial charge on any atom is 0.149 e. The summed E-state index contributed by atoms with van der Waals surface area (Å²) in [6.07, 6.45) is 5.76. The third kappa shape index (κ3) is 2.83. The van der Waals surface area contributed by atoms with Crippen molar-refractivity contribution in [3.63, 3.8) is 0 Å². The van der Waals surface area contributed by atoms with Crippen LogP contribution in [-0.2, 0) is 4.74 Å². The maximum absolute atomic E-state index is 5.76. The van der Waals surface area contributed by atoms with Crippen LogP contribution in [0.3, 0.4) is 0 Å². The normalized spacial score (nSPS) is 24.6. The molecule has 0 aromatic carbocycles. The molecule has 2 rings (SSSR count). The summed E-state index contributed by atoms with van der Waals surface area (Å²) >= 11 is 5.76. The van der Waals surface area contributed by atoms with E-state index in [1.54, 1.807) is 6.20 Å². The number of hydrogen-bond donors (Lipinski definition) is 1. The molecular weight excluding hydrogens is 226 g/mol. The highest BCUT2D eigenvalue weighted by molar-refractivity contribution is 6.29. The van der Waals surface area contributed by atoms with Gasteiger partial charge in [-0.05, 0) is 12.8 Å². The Kier molecular flexibility index (Phi) is 3.96.